The summed E-state index contributed by atoms with van der Waals surface area (Å²) >= 11 is 0. The van der Waals surface area contributed by atoms with Crippen molar-refractivity contribution >= 4 is 0 Å². The average Bonchev–Trinajstić information content (AvgIpc) is 2.82. The molecule has 4 nitrogen and oxygen atoms in total. The third kappa shape index (κ3) is 3.33. The van der Waals surface area contributed by atoms with Gasteiger partial charge in [-0.2, -0.15) is 0 Å². The molecule has 1 aromatic heterocycles. The second kappa shape index (κ2) is 6.03. The van der Waals surface area contributed by atoms with Gasteiger partial charge in [-0.05, 0) is 12.6 Å². The summed E-state index contributed by atoms with van der Waals surface area (Å²) in [7, 11) is 0. The van der Waals surface area contributed by atoms with E-state index < -0.39 is 0 Å². The highest BCUT2D eigenvalue weighted by atomic mass is 16.5. The van der Waals surface area contributed by atoms with Crippen LogP contribution >= 0.6 is 0 Å². The summed E-state index contributed by atoms with van der Waals surface area (Å²) in [5, 5.41) is 3.39. The van der Waals surface area contributed by atoms with Crippen LogP contribution in [-0.2, 0) is 11.3 Å². The molecule has 0 saturated carbocycles. The van der Waals surface area contributed by atoms with Gasteiger partial charge >= 0.3 is 0 Å². The fourth-order valence-electron chi connectivity index (χ4n) is 1.96. The molecule has 1 fully saturated rings. The van der Waals surface area contributed by atoms with Gasteiger partial charge in [-0.1, -0.05) is 6.92 Å². The van der Waals surface area contributed by atoms with E-state index in [2.05, 4.69) is 17.1 Å². The Balaban J connectivity index is 1.65. The number of morpholine rings is 1. The van der Waals surface area contributed by atoms with Crippen LogP contribution in [0.2, 0.25) is 0 Å². The van der Waals surface area contributed by atoms with E-state index in [1.54, 1.807) is 12.5 Å². The molecule has 90 valence electrons. The SMILES string of the molecule is CCN1CCOC(CNCc2ccoc2)C1. The van der Waals surface area contributed by atoms with Crippen LogP contribution in [0, 0.1) is 0 Å². The van der Waals surface area contributed by atoms with Crippen molar-refractivity contribution in [3.63, 3.8) is 0 Å². The van der Waals surface area contributed by atoms with E-state index in [4.69, 9.17) is 9.15 Å². The first-order valence-electron chi connectivity index (χ1n) is 5.94. The molecule has 1 unspecified atom stereocenters. The van der Waals surface area contributed by atoms with Gasteiger partial charge in [-0.3, -0.25) is 4.90 Å². The highest BCUT2D eigenvalue weighted by Crippen LogP contribution is 2.04. The van der Waals surface area contributed by atoms with Crippen LogP contribution in [-0.4, -0.2) is 43.8 Å². The number of likely N-dealkylation sites (N-methyl/N-ethyl adjacent to an activating group) is 1. The zero-order valence-corrected chi connectivity index (χ0v) is 9.82. The first-order valence-corrected chi connectivity index (χ1v) is 5.94. The number of nitrogens with zero attached hydrogens (tertiary/aromatic N) is 1. The molecule has 0 radical (unpaired) electrons. The van der Waals surface area contributed by atoms with Gasteiger partial charge in [0.05, 0.1) is 25.2 Å². The Labute approximate surface area is 96.6 Å². The monoisotopic (exact) mass is 224 g/mol. The van der Waals surface area contributed by atoms with E-state index in [-0.39, 0.29) is 0 Å². The fraction of sp³-hybridized carbons (Fsp3) is 0.667. The molecule has 0 aromatic carbocycles. The number of hydrogen-bond donors (Lipinski definition) is 1. The summed E-state index contributed by atoms with van der Waals surface area (Å²) in [6.45, 7) is 8.02. The molecule has 0 amide bonds. The maximum atomic E-state index is 5.70. The molecule has 0 spiro atoms. The van der Waals surface area contributed by atoms with Gasteiger partial charge in [0.2, 0.25) is 0 Å². The van der Waals surface area contributed by atoms with E-state index in [0.717, 1.165) is 39.3 Å². The lowest BCUT2D eigenvalue weighted by molar-refractivity contribution is -0.0253. The maximum absolute atomic E-state index is 5.70. The van der Waals surface area contributed by atoms with E-state index >= 15 is 0 Å². The van der Waals surface area contributed by atoms with Crippen molar-refractivity contribution in [2.45, 2.75) is 19.6 Å². The summed E-state index contributed by atoms with van der Waals surface area (Å²) in [5.74, 6) is 0. The Morgan fingerprint density at radius 1 is 1.56 bits per heavy atom. The van der Waals surface area contributed by atoms with Crippen LogP contribution in [0.25, 0.3) is 0 Å². The third-order valence-corrected chi connectivity index (χ3v) is 2.95. The third-order valence-electron chi connectivity index (χ3n) is 2.95. The van der Waals surface area contributed by atoms with E-state index in [1.165, 1.54) is 5.56 Å². The first kappa shape index (κ1) is 11.6. The smallest absolute Gasteiger partial charge is 0.0947 e. The Morgan fingerprint density at radius 3 is 3.25 bits per heavy atom. The summed E-state index contributed by atoms with van der Waals surface area (Å²) in [4.78, 5) is 2.42. The lowest BCUT2D eigenvalue weighted by Crippen LogP contribution is -2.46. The normalized spacial score (nSPS) is 22.4. The maximum Gasteiger partial charge on any atom is 0.0947 e. The van der Waals surface area contributed by atoms with Crippen LogP contribution in [0.15, 0.2) is 23.0 Å². The van der Waals surface area contributed by atoms with Gasteiger partial charge in [0.15, 0.2) is 0 Å². The first-order chi connectivity index (χ1) is 7.88. The van der Waals surface area contributed by atoms with Gasteiger partial charge in [0.1, 0.15) is 0 Å². The van der Waals surface area contributed by atoms with Crippen molar-refractivity contribution in [2.24, 2.45) is 0 Å². The summed E-state index contributed by atoms with van der Waals surface area (Å²) < 4.78 is 10.7. The molecule has 4 heteroatoms. The van der Waals surface area contributed by atoms with Gasteiger partial charge in [0, 0.05) is 31.7 Å². The van der Waals surface area contributed by atoms with Crippen molar-refractivity contribution in [2.75, 3.05) is 32.8 Å². The standard InChI is InChI=1S/C12H20N2O2/c1-2-14-4-6-16-12(9-14)8-13-7-11-3-5-15-10-11/h3,5,10,12-13H,2,4,6-9H2,1H3. The van der Waals surface area contributed by atoms with Crippen molar-refractivity contribution in [3.8, 4) is 0 Å². The molecule has 2 heterocycles. The molecule has 1 aromatic rings. The number of ether oxygens (including phenoxy) is 1. The molecule has 1 aliphatic rings. The number of hydrogen-bond acceptors (Lipinski definition) is 4. The van der Waals surface area contributed by atoms with Crippen molar-refractivity contribution in [3.05, 3.63) is 24.2 Å². The minimum absolute atomic E-state index is 0.320. The summed E-state index contributed by atoms with van der Waals surface area (Å²) in [6.07, 6.45) is 3.79. The lowest BCUT2D eigenvalue weighted by atomic mass is 10.2. The topological polar surface area (TPSA) is 37.6 Å². The molecule has 1 atom stereocenters. The van der Waals surface area contributed by atoms with Crippen LogP contribution in [0.4, 0.5) is 0 Å². The minimum Gasteiger partial charge on any atom is -0.472 e. The predicted molar refractivity (Wildman–Crippen MR) is 62.3 cm³/mol. The van der Waals surface area contributed by atoms with Crippen LogP contribution < -0.4 is 5.32 Å². The summed E-state index contributed by atoms with van der Waals surface area (Å²) in [5.41, 5.74) is 1.18. The Hall–Kier alpha value is -0.840. The number of nitrogens with one attached hydrogen (secondary N) is 1. The van der Waals surface area contributed by atoms with Crippen molar-refractivity contribution in [1.29, 1.82) is 0 Å². The molecule has 2 rings (SSSR count). The lowest BCUT2D eigenvalue weighted by Gasteiger charge is -2.32. The quantitative estimate of drug-likeness (QED) is 0.812. The van der Waals surface area contributed by atoms with Crippen molar-refractivity contribution in [1.82, 2.24) is 10.2 Å². The van der Waals surface area contributed by atoms with E-state index in [1.807, 2.05) is 6.07 Å². The second-order valence-corrected chi connectivity index (χ2v) is 4.15. The highest BCUT2D eigenvalue weighted by Gasteiger charge is 2.18. The van der Waals surface area contributed by atoms with Crippen molar-refractivity contribution < 1.29 is 9.15 Å². The number of furan rings is 1. The van der Waals surface area contributed by atoms with Gasteiger partial charge in [0.25, 0.3) is 0 Å². The summed E-state index contributed by atoms with van der Waals surface area (Å²) in [6, 6.07) is 1.98. The Morgan fingerprint density at radius 2 is 2.50 bits per heavy atom. The molecule has 16 heavy (non-hydrogen) atoms. The van der Waals surface area contributed by atoms with Gasteiger partial charge in [-0.15, -0.1) is 0 Å². The van der Waals surface area contributed by atoms with Crippen LogP contribution in [0.1, 0.15) is 12.5 Å². The van der Waals surface area contributed by atoms with E-state index in [9.17, 15) is 0 Å². The van der Waals surface area contributed by atoms with Crippen LogP contribution in [0.5, 0.6) is 0 Å². The fourth-order valence-corrected chi connectivity index (χ4v) is 1.96. The Bertz CT molecular complexity index is 287. The molecule has 0 aliphatic carbocycles. The van der Waals surface area contributed by atoms with Crippen LogP contribution in [0.3, 0.4) is 0 Å². The Kier molecular flexibility index (Phi) is 4.39. The second-order valence-electron chi connectivity index (χ2n) is 4.15. The molecular formula is C12H20N2O2. The largest absolute Gasteiger partial charge is 0.472 e. The van der Waals surface area contributed by atoms with Gasteiger partial charge in [-0.25, -0.2) is 0 Å². The molecule has 1 saturated heterocycles. The zero-order chi connectivity index (χ0) is 11.2. The highest BCUT2D eigenvalue weighted by molar-refractivity contribution is 5.04. The number of rotatable bonds is 5. The predicted octanol–water partition coefficient (Wildman–Crippen LogP) is 1.09. The van der Waals surface area contributed by atoms with Gasteiger partial charge < -0.3 is 14.5 Å². The zero-order valence-electron chi connectivity index (χ0n) is 9.82. The average molecular weight is 224 g/mol. The minimum atomic E-state index is 0.320. The molecule has 0 bridgehead atoms. The van der Waals surface area contributed by atoms with E-state index in [0.29, 0.717) is 6.10 Å². The molecule has 1 aliphatic heterocycles. The molecule has 1 N–H and O–H groups in total. The molecular weight excluding hydrogens is 204 g/mol.